The Morgan fingerprint density at radius 3 is 2.70 bits per heavy atom. The molecule has 0 atom stereocenters. The summed E-state index contributed by atoms with van der Waals surface area (Å²) in [7, 11) is 2.03. The topological polar surface area (TPSA) is 78.6 Å². The fourth-order valence-corrected chi connectivity index (χ4v) is 1.78. The first kappa shape index (κ1) is 16.2. The molecular formula is C14H22FN3O2. The van der Waals surface area contributed by atoms with Crippen molar-refractivity contribution in [3.05, 3.63) is 23.5 Å². The average molecular weight is 283 g/mol. The average Bonchev–Trinajstić information content (AvgIpc) is 2.37. The van der Waals surface area contributed by atoms with Gasteiger partial charge in [0, 0.05) is 12.6 Å². The van der Waals surface area contributed by atoms with Crippen molar-refractivity contribution in [2.75, 3.05) is 31.2 Å². The maximum atomic E-state index is 13.3. The predicted octanol–water partition coefficient (Wildman–Crippen LogP) is 2.25. The van der Waals surface area contributed by atoms with Crippen LogP contribution in [0.2, 0.25) is 0 Å². The fraction of sp³-hybridized carbons (Fsp3) is 0.500. The number of carbonyl (C=O) groups is 1. The Morgan fingerprint density at radius 2 is 2.15 bits per heavy atom. The molecule has 0 heterocycles. The third kappa shape index (κ3) is 4.09. The van der Waals surface area contributed by atoms with Crippen molar-refractivity contribution in [2.45, 2.75) is 26.3 Å². The van der Waals surface area contributed by atoms with Gasteiger partial charge in [-0.3, -0.25) is 0 Å². The lowest BCUT2D eigenvalue weighted by atomic mass is 10.1. The number of nitrogens with two attached hydrogens (primary N) is 1. The zero-order valence-corrected chi connectivity index (χ0v) is 12.1. The van der Waals surface area contributed by atoms with E-state index in [-0.39, 0.29) is 11.3 Å². The fourth-order valence-electron chi connectivity index (χ4n) is 1.78. The molecule has 0 fully saturated rings. The van der Waals surface area contributed by atoms with Gasteiger partial charge in [0.2, 0.25) is 0 Å². The second-order valence-corrected chi connectivity index (χ2v) is 5.04. The number of nitrogens with one attached hydrogen (secondary N) is 1. The zero-order chi connectivity index (χ0) is 15.3. The van der Waals surface area contributed by atoms with E-state index in [1.54, 1.807) is 0 Å². The number of rotatable bonds is 7. The third-order valence-corrected chi connectivity index (χ3v) is 3.29. The highest BCUT2D eigenvalue weighted by atomic mass is 19.1. The Hall–Kier alpha value is -1.82. The molecule has 1 aromatic rings. The van der Waals surface area contributed by atoms with Crippen LogP contribution in [0.5, 0.6) is 0 Å². The number of carboxylic acid groups (broad SMARTS) is 1. The molecule has 0 spiro atoms. The Bertz CT molecular complexity index is 478. The monoisotopic (exact) mass is 283 g/mol. The minimum absolute atomic E-state index is 0.206. The van der Waals surface area contributed by atoms with Gasteiger partial charge in [-0.05, 0) is 46.0 Å². The van der Waals surface area contributed by atoms with Gasteiger partial charge in [0.1, 0.15) is 11.4 Å². The summed E-state index contributed by atoms with van der Waals surface area (Å²) in [4.78, 5) is 13.3. The molecule has 0 aliphatic heterocycles. The standard InChI is InChI=1S/C14H22FN3O2/c1-9(2)18(3)8-4-7-17-11-6-5-10(15)13(16)12(11)14(19)20/h5-6,9,17H,4,7-8,16H2,1-3H3,(H,19,20). The van der Waals surface area contributed by atoms with Crippen LogP contribution in [-0.4, -0.2) is 42.2 Å². The molecule has 0 amide bonds. The highest BCUT2D eigenvalue weighted by molar-refractivity contribution is 6.00. The number of aromatic carboxylic acids is 1. The van der Waals surface area contributed by atoms with Gasteiger partial charge in [0.25, 0.3) is 0 Å². The van der Waals surface area contributed by atoms with Crippen LogP contribution in [0.4, 0.5) is 15.8 Å². The SMILES string of the molecule is CC(C)N(C)CCCNc1ccc(F)c(N)c1C(=O)O. The van der Waals surface area contributed by atoms with Crippen LogP contribution in [0, 0.1) is 5.82 Å². The quantitative estimate of drug-likeness (QED) is 0.528. The van der Waals surface area contributed by atoms with E-state index in [1.807, 2.05) is 7.05 Å². The van der Waals surface area contributed by atoms with Crippen LogP contribution in [0.25, 0.3) is 0 Å². The molecule has 6 heteroatoms. The predicted molar refractivity (Wildman–Crippen MR) is 78.6 cm³/mol. The molecule has 0 aliphatic carbocycles. The summed E-state index contributed by atoms with van der Waals surface area (Å²) in [5.74, 6) is -1.95. The van der Waals surface area contributed by atoms with Crippen molar-refractivity contribution in [2.24, 2.45) is 0 Å². The molecule has 4 N–H and O–H groups in total. The minimum Gasteiger partial charge on any atom is -0.478 e. The summed E-state index contributed by atoms with van der Waals surface area (Å²) in [6.45, 7) is 5.71. The second kappa shape index (κ2) is 7.09. The van der Waals surface area contributed by atoms with Crippen LogP contribution in [-0.2, 0) is 0 Å². The van der Waals surface area contributed by atoms with E-state index in [2.05, 4.69) is 24.1 Å². The molecule has 0 unspecified atom stereocenters. The van der Waals surface area contributed by atoms with Crippen LogP contribution in [0.15, 0.2) is 12.1 Å². The number of halogens is 1. The molecule has 1 rings (SSSR count). The molecule has 0 bridgehead atoms. The Labute approximate surface area is 118 Å². The number of benzene rings is 1. The molecule has 0 aromatic heterocycles. The van der Waals surface area contributed by atoms with Crippen LogP contribution in [0.3, 0.4) is 0 Å². The van der Waals surface area contributed by atoms with Crippen molar-refractivity contribution in [1.29, 1.82) is 0 Å². The molecule has 1 aromatic carbocycles. The first-order valence-electron chi connectivity index (χ1n) is 6.60. The molecule has 112 valence electrons. The van der Waals surface area contributed by atoms with Gasteiger partial charge in [0.05, 0.1) is 11.4 Å². The number of anilines is 2. The van der Waals surface area contributed by atoms with E-state index in [4.69, 9.17) is 10.8 Å². The summed E-state index contributed by atoms with van der Waals surface area (Å²) in [6, 6.07) is 3.04. The molecule has 5 nitrogen and oxygen atoms in total. The van der Waals surface area contributed by atoms with E-state index in [0.29, 0.717) is 18.3 Å². The van der Waals surface area contributed by atoms with Gasteiger partial charge < -0.3 is 21.1 Å². The van der Waals surface area contributed by atoms with Gasteiger partial charge in [-0.1, -0.05) is 0 Å². The van der Waals surface area contributed by atoms with E-state index in [1.165, 1.54) is 12.1 Å². The summed E-state index contributed by atoms with van der Waals surface area (Å²) in [6.07, 6.45) is 0.852. The van der Waals surface area contributed by atoms with Gasteiger partial charge in [0.15, 0.2) is 0 Å². The lowest BCUT2D eigenvalue weighted by Crippen LogP contribution is -2.28. The van der Waals surface area contributed by atoms with Gasteiger partial charge in [-0.25, -0.2) is 9.18 Å². The maximum Gasteiger partial charge on any atom is 0.340 e. The Balaban J connectivity index is 2.65. The van der Waals surface area contributed by atoms with Crippen LogP contribution < -0.4 is 11.1 Å². The Morgan fingerprint density at radius 1 is 1.50 bits per heavy atom. The smallest absolute Gasteiger partial charge is 0.340 e. The summed E-state index contributed by atoms with van der Waals surface area (Å²) >= 11 is 0. The van der Waals surface area contributed by atoms with Crippen molar-refractivity contribution >= 4 is 17.3 Å². The van der Waals surface area contributed by atoms with Gasteiger partial charge in [-0.2, -0.15) is 0 Å². The first-order chi connectivity index (χ1) is 9.34. The van der Waals surface area contributed by atoms with E-state index < -0.39 is 11.8 Å². The zero-order valence-electron chi connectivity index (χ0n) is 12.1. The highest BCUT2D eigenvalue weighted by Gasteiger charge is 2.17. The minimum atomic E-state index is -1.23. The summed E-state index contributed by atoms with van der Waals surface area (Å²) in [5, 5.41) is 12.1. The van der Waals surface area contributed by atoms with E-state index in [0.717, 1.165) is 13.0 Å². The van der Waals surface area contributed by atoms with Gasteiger partial charge in [-0.15, -0.1) is 0 Å². The van der Waals surface area contributed by atoms with Crippen LogP contribution in [0.1, 0.15) is 30.6 Å². The Kier molecular flexibility index (Phi) is 5.76. The maximum absolute atomic E-state index is 13.3. The third-order valence-electron chi connectivity index (χ3n) is 3.29. The van der Waals surface area contributed by atoms with Crippen molar-refractivity contribution < 1.29 is 14.3 Å². The molecule has 0 saturated carbocycles. The normalized spacial score (nSPS) is 11.1. The van der Waals surface area contributed by atoms with Crippen molar-refractivity contribution in [3.8, 4) is 0 Å². The van der Waals surface area contributed by atoms with Gasteiger partial charge >= 0.3 is 5.97 Å². The van der Waals surface area contributed by atoms with E-state index in [9.17, 15) is 9.18 Å². The summed E-state index contributed by atoms with van der Waals surface area (Å²) in [5.41, 5.74) is 5.29. The second-order valence-electron chi connectivity index (χ2n) is 5.04. The largest absolute Gasteiger partial charge is 0.478 e. The number of nitrogen functional groups attached to an aromatic ring is 1. The van der Waals surface area contributed by atoms with Crippen LogP contribution >= 0.6 is 0 Å². The molecule has 20 heavy (non-hydrogen) atoms. The number of hydrogen-bond acceptors (Lipinski definition) is 4. The molecule has 0 saturated heterocycles. The number of carboxylic acids is 1. The molecule has 0 radical (unpaired) electrons. The first-order valence-corrected chi connectivity index (χ1v) is 6.60. The van der Waals surface area contributed by atoms with Crippen molar-refractivity contribution in [1.82, 2.24) is 4.90 Å². The molecule has 0 aliphatic rings. The summed E-state index contributed by atoms with van der Waals surface area (Å²) < 4.78 is 13.3. The number of nitrogens with zero attached hydrogens (tertiary/aromatic N) is 1. The lowest BCUT2D eigenvalue weighted by molar-refractivity contribution is 0.0698. The van der Waals surface area contributed by atoms with Crippen molar-refractivity contribution in [3.63, 3.8) is 0 Å². The molecular weight excluding hydrogens is 261 g/mol. The highest BCUT2D eigenvalue weighted by Crippen LogP contribution is 2.25. The van der Waals surface area contributed by atoms with E-state index >= 15 is 0 Å². The number of hydrogen-bond donors (Lipinski definition) is 3. The lowest BCUT2D eigenvalue weighted by Gasteiger charge is -2.21.